The van der Waals surface area contributed by atoms with Crippen LogP contribution in [-0.2, 0) is 6.54 Å². The van der Waals surface area contributed by atoms with E-state index in [0.717, 1.165) is 40.8 Å². The van der Waals surface area contributed by atoms with Crippen molar-refractivity contribution in [3.05, 3.63) is 52.3 Å². The maximum atomic E-state index is 13.2. The van der Waals surface area contributed by atoms with E-state index in [0.29, 0.717) is 11.2 Å². The molecule has 2 aliphatic rings. The monoisotopic (exact) mass is 454 g/mol. The van der Waals surface area contributed by atoms with Crippen molar-refractivity contribution in [1.29, 1.82) is 0 Å². The number of hydrogen-bond donors (Lipinski definition) is 1. The highest BCUT2D eigenvalue weighted by Crippen LogP contribution is 2.31. The number of benzene rings is 1. The van der Waals surface area contributed by atoms with Gasteiger partial charge in [0.15, 0.2) is 0 Å². The number of piperidine rings is 1. The van der Waals surface area contributed by atoms with Crippen LogP contribution in [0.25, 0.3) is 20.7 Å². The number of aromatic nitrogens is 2. The van der Waals surface area contributed by atoms with Crippen molar-refractivity contribution in [2.45, 2.75) is 45.1 Å². The highest BCUT2D eigenvalue weighted by Gasteiger charge is 2.23. The van der Waals surface area contributed by atoms with Gasteiger partial charge in [0.25, 0.3) is 5.56 Å². The number of hydrogen-bond acceptors (Lipinski definition) is 5. The standard InChI is InChI=1S/C25H31FN4OS/c26-20-7-5-19(6-8-20)22-15-21-24(32-22)25(31)28-23(27-21)17-30-13-9-18(10-14-30)16-29-11-3-1-2-4-12-29/h5-8,15,18H,1-4,9-14,16-17H2,(H,27,28,31). The molecule has 0 spiro atoms. The van der Waals surface area contributed by atoms with Crippen LogP contribution in [-0.4, -0.2) is 52.5 Å². The summed E-state index contributed by atoms with van der Waals surface area (Å²) in [6.45, 7) is 6.59. The lowest BCUT2D eigenvalue weighted by molar-refractivity contribution is 0.138. The first-order chi connectivity index (χ1) is 15.6. The molecule has 0 atom stereocenters. The Morgan fingerprint density at radius 3 is 2.44 bits per heavy atom. The van der Waals surface area contributed by atoms with Gasteiger partial charge in [-0.3, -0.25) is 9.69 Å². The van der Waals surface area contributed by atoms with Gasteiger partial charge in [-0.1, -0.05) is 25.0 Å². The van der Waals surface area contributed by atoms with Crippen molar-refractivity contribution in [3.63, 3.8) is 0 Å². The quantitative estimate of drug-likeness (QED) is 0.597. The van der Waals surface area contributed by atoms with Crippen molar-refractivity contribution in [2.75, 3.05) is 32.7 Å². The highest BCUT2D eigenvalue weighted by atomic mass is 32.1. The molecule has 32 heavy (non-hydrogen) atoms. The van der Waals surface area contributed by atoms with Crippen LogP contribution < -0.4 is 5.56 Å². The first-order valence-corrected chi connectivity index (χ1v) is 12.7. The molecule has 170 valence electrons. The van der Waals surface area contributed by atoms with Gasteiger partial charge in [0, 0.05) is 11.4 Å². The molecule has 5 rings (SSSR count). The van der Waals surface area contributed by atoms with Gasteiger partial charge < -0.3 is 9.88 Å². The molecule has 4 heterocycles. The summed E-state index contributed by atoms with van der Waals surface area (Å²) >= 11 is 1.41. The summed E-state index contributed by atoms with van der Waals surface area (Å²) in [5.74, 6) is 1.26. The normalized spacial score (nSPS) is 19.4. The lowest BCUT2D eigenvalue weighted by atomic mass is 9.96. The van der Waals surface area contributed by atoms with Crippen LogP contribution in [0.5, 0.6) is 0 Å². The second kappa shape index (κ2) is 9.81. The van der Waals surface area contributed by atoms with Gasteiger partial charge >= 0.3 is 0 Å². The van der Waals surface area contributed by atoms with E-state index in [1.807, 2.05) is 6.07 Å². The molecule has 0 radical (unpaired) electrons. The van der Waals surface area contributed by atoms with E-state index in [-0.39, 0.29) is 11.4 Å². The molecule has 7 heteroatoms. The Morgan fingerprint density at radius 1 is 1.00 bits per heavy atom. The molecule has 0 saturated carbocycles. The van der Waals surface area contributed by atoms with E-state index in [2.05, 4.69) is 14.8 Å². The molecule has 3 aromatic rings. The fraction of sp³-hybridized carbons (Fsp3) is 0.520. The van der Waals surface area contributed by atoms with Crippen molar-refractivity contribution in [3.8, 4) is 10.4 Å². The molecule has 2 aromatic heterocycles. The van der Waals surface area contributed by atoms with Gasteiger partial charge in [-0.15, -0.1) is 11.3 Å². The predicted molar refractivity (Wildman–Crippen MR) is 129 cm³/mol. The number of nitrogens with zero attached hydrogens (tertiary/aromatic N) is 3. The Labute approximate surface area is 192 Å². The molecule has 2 saturated heterocycles. The topological polar surface area (TPSA) is 52.2 Å². The third kappa shape index (κ3) is 5.11. The average Bonchev–Trinajstić information content (AvgIpc) is 3.06. The van der Waals surface area contributed by atoms with Gasteiger partial charge in [0.1, 0.15) is 16.3 Å². The maximum Gasteiger partial charge on any atom is 0.268 e. The van der Waals surface area contributed by atoms with Gasteiger partial charge in [0.05, 0.1) is 12.1 Å². The van der Waals surface area contributed by atoms with Crippen molar-refractivity contribution in [2.24, 2.45) is 5.92 Å². The second-order valence-electron chi connectivity index (χ2n) is 9.28. The molecule has 2 aliphatic heterocycles. The molecule has 0 unspecified atom stereocenters. The lowest BCUT2D eigenvalue weighted by Gasteiger charge is -2.34. The van der Waals surface area contributed by atoms with Crippen molar-refractivity contribution in [1.82, 2.24) is 19.8 Å². The van der Waals surface area contributed by atoms with E-state index in [9.17, 15) is 9.18 Å². The van der Waals surface area contributed by atoms with Crippen LogP contribution in [0.3, 0.4) is 0 Å². The number of H-pyrrole nitrogens is 1. The average molecular weight is 455 g/mol. The minimum atomic E-state index is -0.261. The predicted octanol–water partition coefficient (Wildman–Crippen LogP) is 4.88. The van der Waals surface area contributed by atoms with Gasteiger partial charge in [-0.2, -0.15) is 0 Å². The number of halogens is 1. The van der Waals surface area contributed by atoms with Gasteiger partial charge in [-0.25, -0.2) is 9.37 Å². The minimum absolute atomic E-state index is 0.0839. The van der Waals surface area contributed by atoms with Crippen LogP contribution in [0, 0.1) is 11.7 Å². The molecule has 5 nitrogen and oxygen atoms in total. The summed E-state index contributed by atoms with van der Waals surface area (Å²) < 4.78 is 13.9. The highest BCUT2D eigenvalue weighted by molar-refractivity contribution is 7.22. The number of likely N-dealkylation sites (tertiary alicyclic amines) is 2. The maximum absolute atomic E-state index is 13.2. The Balaban J connectivity index is 1.22. The Kier molecular flexibility index (Phi) is 6.67. The molecule has 1 N–H and O–H groups in total. The van der Waals surface area contributed by atoms with Crippen molar-refractivity contribution < 1.29 is 4.39 Å². The number of nitrogens with one attached hydrogen (secondary N) is 1. The number of fused-ring (bicyclic) bond motifs is 1. The van der Waals surface area contributed by atoms with E-state index in [1.165, 1.54) is 81.6 Å². The summed E-state index contributed by atoms with van der Waals surface area (Å²) in [5, 5.41) is 0. The first-order valence-electron chi connectivity index (χ1n) is 11.9. The van der Waals surface area contributed by atoms with Crippen LogP contribution in [0.1, 0.15) is 44.3 Å². The second-order valence-corrected chi connectivity index (χ2v) is 10.3. The molecule has 0 aliphatic carbocycles. The fourth-order valence-electron chi connectivity index (χ4n) is 5.04. The number of rotatable bonds is 5. The number of thiophene rings is 1. The molecule has 0 amide bonds. The zero-order valence-corrected chi connectivity index (χ0v) is 19.3. The zero-order chi connectivity index (χ0) is 21.9. The fourth-order valence-corrected chi connectivity index (χ4v) is 6.04. The summed E-state index contributed by atoms with van der Waals surface area (Å²) in [5.41, 5.74) is 1.55. The van der Waals surface area contributed by atoms with Crippen LogP contribution in [0.2, 0.25) is 0 Å². The molecular weight excluding hydrogens is 423 g/mol. The van der Waals surface area contributed by atoms with Crippen molar-refractivity contribution >= 4 is 21.6 Å². The Bertz CT molecular complexity index is 1090. The summed E-state index contributed by atoms with van der Waals surface area (Å²) in [6, 6.07) is 8.31. The van der Waals surface area contributed by atoms with Gasteiger partial charge in [0.2, 0.25) is 0 Å². The Morgan fingerprint density at radius 2 is 1.72 bits per heavy atom. The SMILES string of the molecule is O=c1[nH]c(CN2CCC(CN3CCCCCC3)CC2)nc2cc(-c3ccc(F)cc3)sc12. The molecular formula is C25H31FN4OS. The molecule has 0 bridgehead atoms. The summed E-state index contributed by atoms with van der Waals surface area (Å²) in [6.07, 6.45) is 7.92. The zero-order valence-electron chi connectivity index (χ0n) is 18.5. The smallest absolute Gasteiger partial charge is 0.268 e. The van der Waals surface area contributed by atoms with Gasteiger partial charge in [-0.05, 0) is 81.5 Å². The van der Waals surface area contributed by atoms with Crippen LogP contribution in [0.4, 0.5) is 4.39 Å². The van der Waals surface area contributed by atoms with Crippen LogP contribution >= 0.6 is 11.3 Å². The molecule has 2 fully saturated rings. The van der Waals surface area contributed by atoms with E-state index in [4.69, 9.17) is 4.98 Å². The minimum Gasteiger partial charge on any atom is -0.308 e. The number of aromatic amines is 1. The molecule has 1 aromatic carbocycles. The van der Waals surface area contributed by atoms with Crippen LogP contribution in [0.15, 0.2) is 35.1 Å². The summed E-state index contributed by atoms with van der Waals surface area (Å²) in [7, 11) is 0. The Hall–Kier alpha value is -2.09. The largest absolute Gasteiger partial charge is 0.308 e. The third-order valence-electron chi connectivity index (χ3n) is 6.86. The summed E-state index contributed by atoms with van der Waals surface area (Å²) in [4.78, 5) is 26.4. The third-order valence-corrected chi connectivity index (χ3v) is 8.03. The van der Waals surface area contributed by atoms with E-state index < -0.39 is 0 Å². The van der Waals surface area contributed by atoms with E-state index in [1.54, 1.807) is 12.1 Å². The first kappa shape index (κ1) is 21.7. The van der Waals surface area contributed by atoms with E-state index >= 15 is 0 Å². The lowest BCUT2D eigenvalue weighted by Crippen LogP contribution is -2.39.